The fourth-order valence-corrected chi connectivity index (χ4v) is 1.88. The van der Waals surface area contributed by atoms with Crippen LogP contribution in [0.5, 0.6) is 0 Å². The van der Waals surface area contributed by atoms with E-state index in [9.17, 15) is 4.39 Å². The van der Waals surface area contributed by atoms with Crippen LogP contribution in [0.25, 0.3) is 0 Å². The summed E-state index contributed by atoms with van der Waals surface area (Å²) in [5, 5.41) is 9.80. The van der Waals surface area contributed by atoms with Crippen LogP contribution in [0.4, 0.5) is 22.0 Å². The molecule has 0 bridgehead atoms. The third-order valence-electron chi connectivity index (χ3n) is 2.94. The molecule has 0 saturated carbocycles. The Kier molecular flexibility index (Phi) is 3.95. The molecule has 0 saturated heterocycles. The second-order valence-electron chi connectivity index (χ2n) is 4.66. The molecule has 3 aromatic rings. The van der Waals surface area contributed by atoms with Gasteiger partial charge in [0.25, 0.3) is 0 Å². The summed E-state index contributed by atoms with van der Waals surface area (Å²) in [6.45, 7) is 2.14. The zero-order chi connectivity index (χ0) is 15.4. The third kappa shape index (κ3) is 3.38. The molecule has 0 fully saturated rings. The molecule has 112 valence electrons. The first-order chi connectivity index (χ1) is 10.7. The summed E-state index contributed by atoms with van der Waals surface area (Å²) in [4.78, 5) is 8.38. The molecule has 0 unspecified atom stereocenters. The first-order valence-electron chi connectivity index (χ1n) is 6.71. The van der Waals surface area contributed by atoms with Crippen LogP contribution < -0.4 is 10.6 Å². The smallest absolute Gasteiger partial charge is 0.230 e. The molecule has 6 nitrogen and oxygen atoms in total. The maximum absolute atomic E-state index is 13.6. The Labute approximate surface area is 126 Å². The van der Waals surface area contributed by atoms with E-state index in [1.807, 2.05) is 0 Å². The molecular formula is C15H14FN5O. The molecule has 0 aliphatic rings. The Bertz CT molecular complexity index is 774. The zero-order valence-corrected chi connectivity index (χ0v) is 11.9. The van der Waals surface area contributed by atoms with Gasteiger partial charge in [0.15, 0.2) is 5.82 Å². The largest absolute Gasteiger partial charge is 0.366 e. The van der Waals surface area contributed by atoms with E-state index in [0.717, 1.165) is 0 Å². The number of hydrogen-bond donors (Lipinski definition) is 2. The predicted octanol–water partition coefficient (Wildman–Crippen LogP) is 3.27. The van der Waals surface area contributed by atoms with Crippen molar-refractivity contribution in [3.05, 3.63) is 59.7 Å². The molecule has 0 amide bonds. The van der Waals surface area contributed by atoms with Gasteiger partial charge in [0.1, 0.15) is 17.4 Å². The maximum atomic E-state index is 13.6. The Balaban J connectivity index is 1.67. The van der Waals surface area contributed by atoms with Crippen LogP contribution in [0.15, 0.2) is 47.1 Å². The van der Waals surface area contributed by atoms with Gasteiger partial charge in [0.05, 0.1) is 0 Å². The van der Waals surface area contributed by atoms with Crippen molar-refractivity contribution in [3.8, 4) is 0 Å². The van der Waals surface area contributed by atoms with E-state index >= 15 is 0 Å². The maximum Gasteiger partial charge on any atom is 0.230 e. The number of nitrogens with zero attached hydrogens (tertiary/aromatic N) is 3. The number of aryl methyl sites for hydroxylation is 1. The van der Waals surface area contributed by atoms with Crippen LogP contribution in [-0.4, -0.2) is 15.1 Å². The minimum atomic E-state index is -0.250. The standard InChI is InChI=1S/C15H14FN5O/c1-10-8-14(21-22-10)20-15-17-7-6-13(19-15)18-9-11-4-2-3-5-12(11)16/h2-8H,9H2,1H3,(H2,17,18,19,20,21). The van der Waals surface area contributed by atoms with Gasteiger partial charge in [0.2, 0.25) is 5.95 Å². The highest BCUT2D eigenvalue weighted by atomic mass is 19.1. The normalized spacial score (nSPS) is 10.5. The van der Waals surface area contributed by atoms with Crippen LogP contribution in [-0.2, 0) is 6.54 Å². The van der Waals surface area contributed by atoms with Gasteiger partial charge in [-0.15, -0.1) is 0 Å². The number of rotatable bonds is 5. The lowest BCUT2D eigenvalue weighted by atomic mass is 10.2. The Hall–Kier alpha value is -2.96. The predicted molar refractivity (Wildman–Crippen MR) is 80.3 cm³/mol. The van der Waals surface area contributed by atoms with Crippen molar-refractivity contribution in [2.75, 3.05) is 10.6 Å². The van der Waals surface area contributed by atoms with E-state index in [4.69, 9.17) is 4.52 Å². The summed E-state index contributed by atoms with van der Waals surface area (Å²) in [5.41, 5.74) is 0.572. The average Bonchev–Trinajstić information content (AvgIpc) is 2.92. The third-order valence-corrected chi connectivity index (χ3v) is 2.94. The molecule has 3 rings (SSSR count). The summed E-state index contributed by atoms with van der Waals surface area (Å²) in [6, 6.07) is 10.0. The van der Waals surface area contributed by atoms with Crippen molar-refractivity contribution in [2.24, 2.45) is 0 Å². The molecule has 2 heterocycles. The fourth-order valence-electron chi connectivity index (χ4n) is 1.88. The molecule has 0 radical (unpaired) electrons. The monoisotopic (exact) mass is 299 g/mol. The number of hydrogen-bond acceptors (Lipinski definition) is 6. The van der Waals surface area contributed by atoms with Crippen LogP contribution in [0.2, 0.25) is 0 Å². The van der Waals surface area contributed by atoms with Crippen LogP contribution in [0, 0.1) is 12.7 Å². The molecule has 0 aliphatic carbocycles. The van der Waals surface area contributed by atoms with Crippen molar-refractivity contribution in [3.63, 3.8) is 0 Å². The van der Waals surface area contributed by atoms with Gasteiger partial charge in [-0.2, -0.15) is 4.98 Å². The number of anilines is 3. The number of nitrogens with one attached hydrogen (secondary N) is 2. The average molecular weight is 299 g/mol. The second-order valence-corrected chi connectivity index (χ2v) is 4.66. The zero-order valence-electron chi connectivity index (χ0n) is 11.9. The number of aromatic nitrogens is 3. The van der Waals surface area contributed by atoms with E-state index < -0.39 is 0 Å². The lowest BCUT2D eigenvalue weighted by molar-refractivity contribution is 0.400. The van der Waals surface area contributed by atoms with Gasteiger partial charge in [-0.25, -0.2) is 9.37 Å². The van der Waals surface area contributed by atoms with Gasteiger partial charge in [-0.1, -0.05) is 23.4 Å². The molecule has 7 heteroatoms. The fraction of sp³-hybridized carbons (Fsp3) is 0.133. The minimum Gasteiger partial charge on any atom is -0.366 e. The van der Waals surface area contributed by atoms with E-state index in [1.54, 1.807) is 43.5 Å². The highest BCUT2D eigenvalue weighted by molar-refractivity contribution is 5.50. The lowest BCUT2D eigenvalue weighted by Gasteiger charge is -2.07. The summed E-state index contributed by atoms with van der Waals surface area (Å²) in [6.07, 6.45) is 1.60. The van der Waals surface area contributed by atoms with Gasteiger partial charge in [-0.05, 0) is 19.1 Å². The molecule has 2 aromatic heterocycles. The molecule has 22 heavy (non-hydrogen) atoms. The van der Waals surface area contributed by atoms with Crippen molar-refractivity contribution in [2.45, 2.75) is 13.5 Å². The molecule has 0 atom stereocenters. The quantitative estimate of drug-likeness (QED) is 0.753. The molecule has 2 N–H and O–H groups in total. The van der Waals surface area contributed by atoms with Crippen molar-refractivity contribution < 1.29 is 8.91 Å². The van der Waals surface area contributed by atoms with Crippen LogP contribution in [0.1, 0.15) is 11.3 Å². The van der Waals surface area contributed by atoms with Crippen molar-refractivity contribution in [1.82, 2.24) is 15.1 Å². The highest BCUT2D eigenvalue weighted by Gasteiger charge is 2.05. The van der Waals surface area contributed by atoms with Crippen molar-refractivity contribution in [1.29, 1.82) is 0 Å². The van der Waals surface area contributed by atoms with Gasteiger partial charge in [0, 0.05) is 24.4 Å². The number of benzene rings is 1. The highest BCUT2D eigenvalue weighted by Crippen LogP contribution is 2.15. The van der Waals surface area contributed by atoms with E-state index in [-0.39, 0.29) is 5.82 Å². The van der Waals surface area contributed by atoms with E-state index in [0.29, 0.717) is 35.5 Å². The summed E-state index contributed by atoms with van der Waals surface area (Å²) < 4.78 is 18.5. The Morgan fingerprint density at radius 2 is 2.05 bits per heavy atom. The molecule has 1 aromatic carbocycles. The van der Waals surface area contributed by atoms with E-state index in [1.165, 1.54) is 6.07 Å². The van der Waals surface area contributed by atoms with Gasteiger partial charge >= 0.3 is 0 Å². The number of halogens is 1. The summed E-state index contributed by atoms with van der Waals surface area (Å²) >= 11 is 0. The second kappa shape index (κ2) is 6.21. The van der Waals surface area contributed by atoms with Crippen LogP contribution in [0.3, 0.4) is 0 Å². The van der Waals surface area contributed by atoms with Gasteiger partial charge < -0.3 is 15.2 Å². The Morgan fingerprint density at radius 1 is 1.18 bits per heavy atom. The SMILES string of the molecule is Cc1cc(Nc2nccc(NCc3ccccc3F)n2)no1. The van der Waals surface area contributed by atoms with Gasteiger partial charge in [-0.3, -0.25) is 0 Å². The van der Waals surface area contributed by atoms with Crippen molar-refractivity contribution >= 4 is 17.6 Å². The molecule has 0 spiro atoms. The van der Waals surface area contributed by atoms with Crippen LogP contribution >= 0.6 is 0 Å². The first-order valence-corrected chi connectivity index (χ1v) is 6.71. The Morgan fingerprint density at radius 3 is 2.82 bits per heavy atom. The minimum absolute atomic E-state index is 0.250. The first kappa shape index (κ1) is 14.0. The summed E-state index contributed by atoms with van der Waals surface area (Å²) in [5.74, 6) is 1.94. The molecule has 0 aliphatic heterocycles. The van der Waals surface area contributed by atoms with E-state index in [2.05, 4.69) is 25.8 Å². The topological polar surface area (TPSA) is 75.9 Å². The lowest BCUT2D eigenvalue weighted by Crippen LogP contribution is -2.05. The summed E-state index contributed by atoms with van der Waals surface area (Å²) in [7, 11) is 0. The molecular weight excluding hydrogens is 285 g/mol.